The summed E-state index contributed by atoms with van der Waals surface area (Å²) in [6, 6.07) is 9.01. The van der Waals surface area contributed by atoms with Crippen LogP contribution in [0.4, 0.5) is 0 Å². The molecule has 0 atom stereocenters. The summed E-state index contributed by atoms with van der Waals surface area (Å²) in [5.74, 6) is 0.371. The van der Waals surface area contributed by atoms with Crippen molar-refractivity contribution in [1.29, 1.82) is 0 Å². The van der Waals surface area contributed by atoms with Gasteiger partial charge >= 0.3 is 11.9 Å². The van der Waals surface area contributed by atoms with E-state index < -0.39 is 11.6 Å². The zero-order chi connectivity index (χ0) is 22.9. The van der Waals surface area contributed by atoms with E-state index in [0.29, 0.717) is 28.4 Å². The molecule has 1 heterocycles. The summed E-state index contributed by atoms with van der Waals surface area (Å²) in [4.78, 5) is 25.1. The number of hydrogen-bond donors (Lipinski definition) is 0. The summed E-state index contributed by atoms with van der Waals surface area (Å²) >= 11 is 0. The molecule has 2 aromatic rings. The molecule has 2 aromatic carbocycles. The van der Waals surface area contributed by atoms with E-state index in [1.807, 2.05) is 12.1 Å². The highest BCUT2D eigenvalue weighted by atomic mass is 16.6. The standard InChI is InChI=1S/C25H28O7/c1-25(2,24(27)31-15-8-5-6-9-15)32-21-17(12-13-20(28-3)22(21)29-4)16-10-7-11-18-19(16)14-30-23(18)26/h7,10-13,15H,5-6,8-9,14H2,1-4H3. The van der Waals surface area contributed by atoms with Crippen molar-refractivity contribution >= 4 is 11.9 Å². The molecule has 7 heteroatoms. The Bertz CT molecular complexity index is 1030. The van der Waals surface area contributed by atoms with Gasteiger partial charge < -0.3 is 23.7 Å². The van der Waals surface area contributed by atoms with Crippen LogP contribution in [0.3, 0.4) is 0 Å². The Kier molecular flexibility index (Phi) is 6.00. The third-order valence-electron chi connectivity index (χ3n) is 5.96. The number of cyclic esters (lactones) is 1. The molecular weight excluding hydrogens is 412 g/mol. The number of carbonyl (C=O) groups excluding carboxylic acids is 2. The quantitative estimate of drug-likeness (QED) is 0.578. The van der Waals surface area contributed by atoms with E-state index >= 15 is 0 Å². The second-order valence-electron chi connectivity index (χ2n) is 8.51. The molecular formula is C25H28O7. The van der Waals surface area contributed by atoms with Crippen molar-refractivity contribution in [1.82, 2.24) is 0 Å². The number of ether oxygens (including phenoxy) is 5. The van der Waals surface area contributed by atoms with Gasteiger partial charge in [-0.2, -0.15) is 0 Å². The summed E-state index contributed by atoms with van der Waals surface area (Å²) in [5, 5.41) is 0. The van der Waals surface area contributed by atoms with Crippen molar-refractivity contribution in [2.45, 2.75) is 57.8 Å². The van der Waals surface area contributed by atoms with Crippen LogP contribution >= 0.6 is 0 Å². The maximum Gasteiger partial charge on any atom is 0.350 e. The summed E-state index contributed by atoms with van der Waals surface area (Å²) in [5.41, 5.74) is 1.44. The molecule has 1 saturated carbocycles. The van der Waals surface area contributed by atoms with E-state index in [0.717, 1.165) is 36.8 Å². The second-order valence-corrected chi connectivity index (χ2v) is 8.51. The molecule has 2 aliphatic rings. The average Bonchev–Trinajstić information content (AvgIpc) is 3.43. The third kappa shape index (κ3) is 3.99. The molecule has 1 aliphatic carbocycles. The van der Waals surface area contributed by atoms with Gasteiger partial charge in [-0.05, 0) is 63.3 Å². The summed E-state index contributed by atoms with van der Waals surface area (Å²) in [6.07, 6.45) is 3.80. The smallest absolute Gasteiger partial charge is 0.350 e. The topological polar surface area (TPSA) is 80.3 Å². The molecule has 0 amide bonds. The number of hydrogen-bond acceptors (Lipinski definition) is 7. The van der Waals surface area contributed by atoms with Gasteiger partial charge in [0, 0.05) is 11.1 Å². The first-order chi connectivity index (χ1) is 15.4. The van der Waals surface area contributed by atoms with Gasteiger partial charge in [-0.1, -0.05) is 12.1 Å². The van der Waals surface area contributed by atoms with Gasteiger partial charge in [-0.25, -0.2) is 9.59 Å². The van der Waals surface area contributed by atoms with Crippen LogP contribution < -0.4 is 14.2 Å². The first-order valence-electron chi connectivity index (χ1n) is 10.8. The molecule has 1 aliphatic heterocycles. The van der Waals surface area contributed by atoms with E-state index in [4.69, 9.17) is 23.7 Å². The zero-order valence-corrected chi connectivity index (χ0v) is 18.9. The van der Waals surface area contributed by atoms with Crippen LogP contribution in [0.15, 0.2) is 30.3 Å². The second kappa shape index (κ2) is 8.73. The lowest BCUT2D eigenvalue weighted by Gasteiger charge is -2.29. The van der Waals surface area contributed by atoms with Crippen molar-refractivity contribution in [3.05, 3.63) is 41.5 Å². The normalized spacial score (nSPS) is 15.8. The molecule has 0 N–H and O–H groups in total. The fraction of sp³-hybridized carbons (Fsp3) is 0.440. The summed E-state index contributed by atoms with van der Waals surface area (Å²) in [7, 11) is 3.05. The molecule has 32 heavy (non-hydrogen) atoms. The third-order valence-corrected chi connectivity index (χ3v) is 5.96. The van der Waals surface area contributed by atoms with Crippen molar-refractivity contribution in [2.24, 2.45) is 0 Å². The molecule has 0 bridgehead atoms. The Morgan fingerprint density at radius 3 is 2.38 bits per heavy atom. The van der Waals surface area contributed by atoms with Gasteiger partial charge in [0.05, 0.1) is 19.8 Å². The van der Waals surface area contributed by atoms with Crippen molar-refractivity contribution < 1.29 is 33.3 Å². The first kappa shape index (κ1) is 22.0. The Morgan fingerprint density at radius 2 is 1.69 bits per heavy atom. The largest absolute Gasteiger partial charge is 0.493 e. The molecule has 0 spiro atoms. The number of rotatable bonds is 7. The Hall–Kier alpha value is -3.22. The monoisotopic (exact) mass is 440 g/mol. The number of benzene rings is 2. The molecule has 0 radical (unpaired) electrons. The SMILES string of the molecule is COc1ccc(-c2cccc3c2COC3=O)c(OC(C)(C)C(=O)OC2CCCC2)c1OC. The highest BCUT2D eigenvalue weighted by Crippen LogP contribution is 2.47. The number of fused-ring (bicyclic) bond motifs is 1. The summed E-state index contributed by atoms with van der Waals surface area (Å²) < 4.78 is 28.3. The van der Waals surface area contributed by atoms with Gasteiger partial charge in [0.15, 0.2) is 17.1 Å². The maximum absolute atomic E-state index is 13.0. The lowest BCUT2D eigenvalue weighted by Crippen LogP contribution is -2.41. The number of carbonyl (C=O) groups is 2. The predicted octanol–water partition coefficient (Wildman–Crippen LogP) is 4.68. The minimum atomic E-state index is -1.28. The minimum absolute atomic E-state index is 0.0717. The van der Waals surface area contributed by atoms with Crippen molar-refractivity contribution in [3.63, 3.8) is 0 Å². The number of methoxy groups -OCH3 is 2. The lowest BCUT2D eigenvalue weighted by atomic mass is 9.95. The van der Waals surface area contributed by atoms with Gasteiger partial charge in [-0.15, -0.1) is 0 Å². The Labute approximate surface area is 187 Å². The molecule has 0 saturated heterocycles. The van der Waals surface area contributed by atoms with Gasteiger partial charge in [0.1, 0.15) is 12.7 Å². The van der Waals surface area contributed by atoms with E-state index in [1.54, 1.807) is 32.0 Å². The Morgan fingerprint density at radius 1 is 0.969 bits per heavy atom. The van der Waals surface area contributed by atoms with Crippen molar-refractivity contribution in [3.8, 4) is 28.4 Å². The van der Waals surface area contributed by atoms with Crippen molar-refractivity contribution in [2.75, 3.05) is 14.2 Å². The summed E-state index contributed by atoms with van der Waals surface area (Å²) in [6.45, 7) is 3.52. The molecule has 0 aromatic heterocycles. The van der Waals surface area contributed by atoms with Crippen LogP contribution in [0.2, 0.25) is 0 Å². The molecule has 1 fully saturated rings. The fourth-order valence-electron chi connectivity index (χ4n) is 4.21. The zero-order valence-electron chi connectivity index (χ0n) is 18.9. The minimum Gasteiger partial charge on any atom is -0.493 e. The Balaban J connectivity index is 1.77. The van der Waals surface area contributed by atoms with E-state index in [-0.39, 0.29) is 18.7 Å². The lowest BCUT2D eigenvalue weighted by molar-refractivity contribution is -0.164. The highest BCUT2D eigenvalue weighted by Gasteiger charge is 2.37. The van der Waals surface area contributed by atoms with Crippen LogP contribution in [-0.4, -0.2) is 37.9 Å². The van der Waals surface area contributed by atoms with Crippen LogP contribution in [-0.2, 0) is 20.9 Å². The predicted molar refractivity (Wildman–Crippen MR) is 117 cm³/mol. The maximum atomic E-state index is 13.0. The van der Waals surface area contributed by atoms with Gasteiger partial charge in [0.25, 0.3) is 0 Å². The molecule has 4 rings (SSSR count). The van der Waals surface area contributed by atoms with Crippen LogP contribution in [0.25, 0.3) is 11.1 Å². The molecule has 0 unspecified atom stereocenters. The molecule has 7 nitrogen and oxygen atoms in total. The fourth-order valence-corrected chi connectivity index (χ4v) is 4.21. The van der Waals surface area contributed by atoms with Crippen LogP contribution in [0, 0.1) is 0 Å². The van der Waals surface area contributed by atoms with Gasteiger partial charge in [0.2, 0.25) is 5.75 Å². The van der Waals surface area contributed by atoms with E-state index in [1.165, 1.54) is 14.2 Å². The van der Waals surface area contributed by atoms with Crippen LogP contribution in [0.5, 0.6) is 17.2 Å². The van der Waals surface area contributed by atoms with E-state index in [2.05, 4.69) is 0 Å². The van der Waals surface area contributed by atoms with Crippen LogP contribution in [0.1, 0.15) is 55.5 Å². The van der Waals surface area contributed by atoms with Gasteiger partial charge in [-0.3, -0.25) is 0 Å². The molecule has 170 valence electrons. The average molecular weight is 440 g/mol. The van der Waals surface area contributed by atoms with E-state index in [9.17, 15) is 9.59 Å². The number of esters is 2. The highest BCUT2D eigenvalue weighted by molar-refractivity contribution is 5.96. The first-order valence-corrected chi connectivity index (χ1v) is 10.8.